The third kappa shape index (κ3) is 7.17. The van der Waals surface area contributed by atoms with Crippen LogP contribution in [0, 0.1) is 11.3 Å². The quantitative estimate of drug-likeness (QED) is 0.319. The highest BCUT2D eigenvalue weighted by molar-refractivity contribution is 6.76. The van der Waals surface area contributed by atoms with Crippen molar-refractivity contribution < 1.29 is 9.47 Å². The maximum atomic E-state index is 9.15. The summed E-state index contributed by atoms with van der Waals surface area (Å²) in [6.07, 6.45) is 0.693. The molecule has 0 bridgehead atoms. The van der Waals surface area contributed by atoms with Gasteiger partial charge in [0.1, 0.15) is 6.79 Å². The van der Waals surface area contributed by atoms with E-state index in [-0.39, 0.29) is 0 Å². The van der Waals surface area contributed by atoms with E-state index in [1.165, 1.54) is 0 Å². The standard InChI is InChI=1S/C18H30N2O2Si/c1-14(2)17-11-15(12-19)10-16(18(17)20)6-7-21-13-22-8-9-23(3,4)5/h10-11,14H,6-9,13,20H2,1-5H3. The minimum absolute atomic E-state index is 0.299. The highest BCUT2D eigenvalue weighted by Crippen LogP contribution is 2.27. The van der Waals surface area contributed by atoms with Gasteiger partial charge in [-0.05, 0) is 41.6 Å². The van der Waals surface area contributed by atoms with Gasteiger partial charge in [0.05, 0.1) is 18.2 Å². The first-order valence-corrected chi connectivity index (χ1v) is 11.9. The van der Waals surface area contributed by atoms with Crippen molar-refractivity contribution in [3.05, 3.63) is 28.8 Å². The van der Waals surface area contributed by atoms with E-state index in [1.54, 1.807) is 0 Å². The molecule has 1 aromatic rings. The predicted octanol–water partition coefficient (Wildman–Crippen LogP) is 4.14. The fraction of sp³-hybridized carbons (Fsp3) is 0.611. The molecule has 1 rings (SSSR count). The second-order valence-electron chi connectivity index (χ2n) is 7.40. The fourth-order valence-corrected chi connectivity index (χ4v) is 2.98. The van der Waals surface area contributed by atoms with Crippen LogP contribution in [0.15, 0.2) is 12.1 Å². The molecule has 0 amide bonds. The Bertz CT molecular complexity index is 545. The van der Waals surface area contributed by atoms with Gasteiger partial charge in [0.2, 0.25) is 0 Å². The molecule has 0 saturated heterocycles. The van der Waals surface area contributed by atoms with E-state index in [1.807, 2.05) is 12.1 Å². The summed E-state index contributed by atoms with van der Waals surface area (Å²) in [6.45, 7) is 12.8. The predicted molar refractivity (Wildman–Crippen MR) is 98.3 cm³/mol. The number of ether oxygens (including phenoxy) is 2. The van der Waals surface area contributed by atoms with Gasteiger partial charge in [0.25, 0.3) is 0 Å². The van der Waals surface area contributed by atoms with Gasteiger partial charge in [0, 0.05) is 20.4 Å². The molecule has 0 fully saturated rings. The van der Waals surface area contributed by atoms with Crippen molar-refractivity contribution in [3.63, 3.8) is 0 Å². The van der Waals surface area contributed by atoms with E-state index in [0.717, 1.165) is 29.5 Å². The van der Waals surface area contributed by atoms with E-state index >= 15 is 0 Å². The summed E-state index contributed by atoms with van der Waals surface area (Å²) in [7, 11) is -1.04. The molecule has 0 aromatic heterocycles. The summed E-state index contributed by atoms with van der Waals surface area (Å²) in [4.78, 5) is 0. The second kappa shape index (κ2) is 9.07. The van der Waals surface area contributed by atoms with Gasteiger partial charge in [-0.15, -0.1) is 0 Å². The number of rotatable bonds is 9. The van der Waals surface area contributed by atoms with Crippen LogP contribution in [0.1, 0.15) is 36.5 Å². The lowest BCUT2D eigenvalue weighted by Crippen LogP contribution is -2.22. The Kier molecular flexibility index (Phi) is 7.76. The normalized spacial score (nSPS) is 11.7. The van der Waals surface area contributed by atoms with Gasteiger partial charge in [0.15, 0.2) is 0 Å². The molecule has 0 saturated carbocycles. The number of hydrogen-bond donors (Lipinski definition) is 1. The minimum Gasteiger partial charge on any atom is -0.398 e. The summed E-state index contributed by atoms with van der Waals surface area (Å²) in [5.74, 6) is 0.299. The molecule has 0 aliphatic heterocycles. The smallest absolute Gasteiger partial charge is 0.146 e. The average molecular weight is 335 g/mol. The summed E-state index contributed by atoms with van der Waals surface area (Å²) in [5.41, 5.74) is 9.68. The van der Waals surface area contributed by atoms with E-state index in [2.05, 4.69) is 39.6 Å². The SMILES string of the molecule is CC(C)c1cc(C#N)cc(CCOCOCC[Si](C)(C)C)c1N. The van der Waals surface area contributed by atoms with Gasteiger partial charge in [-0.25, -0.2) is 0 Å². The molecule has 1 aromatic carbocycles. The number of benzene rings is 1. The Morgan fingerprint density at radius 2 is 1.83 bits per heavy atom. The first-order chi connectivity index (χ1) is 10.7. The Hall–Kier alpha value is -1.35. The molecule has 23 heavy (non-hydrogen) atoms. The summed E-state index contributed by atoms with van der Waals surface area (Å²) in [5, 5.41) is 9.15. The van der Waals surface area contributed by atoms with E-state index in [4.69, 9.17) is 20.5 Å². The highest BCUT2D eigenvalue weighted by atomic mass is 28.3. The molecule has 0 radical (unpaired) electrons. The Morgan fingerprint density at radius 1 is 1.17 bits per heavy atom. The van der Waals surface area contributed by atoms with E-state index in [9.17, 15) is 0 Å². The van der Waals surface area contributed by atoms with Crippen molar-refractivity contribution in [2.45, 2.75) is 51.9 Å². The molecule has 0 unspecified atom stereocenters. The molecule has 0 heterocycles. The van der Waals surface area contributed by atoms with Crippen molar-refractivity contribution in [1.29, 1.82) is 5.26 Å². The Morgan fingerprint density at radius 3 is 2.39 bits per heavy atom. The Balaban J connectivity index is 2.46. The molecule has 2 N–H and O–H groups in total. The van der Waals surface area contributed by atoms with Crippen LogP contribution < -0.4 is 5.73 Å². The number of nitrogens with two attached hydrogens (primary N) is 1. The van der Waals surface area contributed by atoms with Gasteiger partial charge < -0.3 is 15.2 Å². The lowest BCUT2D eigenvalue weighted by molar-refractivity contribution is -0.0483. The molecule has 0 atom stereocenters. The van der Waals surface area contributed by atoms with Crippen LogP contribution in [0.4, 0.5) is 5.69 Å². The first kappa shape index (κ1) is 19.7. The Labute approximate surface area is 141 Å². The molecule has 0 aliphatic rings. The van der Waals surface area contributed by atoms with E-state index < -0.39 is 8.07 Å². The van der Waals surface area contributed by atoms with Crippen molar-refractivity contribution in [1.82, 2.24) is 0 Å². The number of hydrogen-bond acceptors (Lipinski definition) is 4. The van der Waals surface area contributed by atoms with Crippen LogP contribution in [0.25, 0.3) is 0 Å². The topological polar surface area (TPSA) is 68.3 Å². The van der Waals surface area contributed by atoms with Crippen molar-refractivity contribution in [2.75, 3.05) is 25.7 Å². The summed E-state index contributed by atoms with van der Waals surface area (Å²) < 4.78 is 11.0. The lowest BCUT2D eigenvalue weighted by Gasteiger charge is -2.16. The van der Waals surface area contributed by atoms with Crippen LogP contribution in [-0.2, 0) is 15.9 Å². The molecule has 4 nitrogen and oxygen atoms in total. The van der Waals surface area contributed by atoms with Gasteiger partial charge in [-0.3, -0.25) is 0 Å². The zero-order valence-corrected chi connectivity index (χ0v) is 16.1. The molecule has 128 valence electrons. The average Bonchev–Trinajstić information content (AvgIpc) is 2.46. The third-order valence-corrected chi connectivity index (χ3v) is 5.43. The number of anilines is 1. The van der Waals surface area contributed by atoms with Crippen LogP contribution in [-0.4, -0.2) is 28.1 Å². The largest absolute Gasteiger partial charge is 0.398 e. The first-order valence-electron chi connectivity index (χ1n) is 8.22. The van der Waals surface area contributed by atoms with Crippen LogP contribution in [0.5, 0.6) is 0 Å². The number of nitrogen functional groups attached to an aromatic ring is 1. The monoisotopic (exact) mass is 334 g/mol. The van der Waals surface area contributed by atoms with Gasteiger partial charge in [-0.1, -0.05) is 33.5 Å². The van der Waals surface area contributed by atoms with Gasteiger partial charge >= 0.3 is 0 Å². The second-order valence-corrected chi connectivity index (χ2v) is 13.0. The number of nitriles is 1. The van der Waals surface area contributed by atoms with Crippen molar-refractivity contribution in [2.24, 2.45) is 0 Å². The molecule has 5 heteroatoms. The third-order valence-electron chi connectivity index (χ3n) is 3.73. The lowest BCUT2D eigenvalue weighted by atomic mass is 9.94. The highest BCUT2D eigenvalue weighted by Gasteiger charge is 2.12. The maximum absolute atomic E-state index is 9.15. The molecular formula is C18H30N2O2Si. The maximum Gasteiger partial charge on any atom is 0.146 e. The minimum atomic E-state index is -1.04. The van der Waals surface area contributed by atoms with Crippen molar-refractivity contribution in [3.8, 4) is 6.07 Å². The summed E-state index contributed by atoms with van der Waals surface area (Å²) >= 11 is 0. The summed E-state index contributed by atoms with van der Waals surface area (Å²) in [6, 6.07) is 7.09. The fourth-order valence-electron chi connectivity index (χ4n) is 2.22. The van der Waals surface area contributed by atoms with Crippen LogP contribution >= 0.6 is 0 Å². The molecule has 0 aliphatic carbocycles. The van der Waals surface area contributed by atoms with Gasteiger partial charge in [-0.2, -0.15) is 5.26 Å². The van der Waals surface area contributed by atoms with Crippen molar-refractivity contribution >= 4 is 13.8 Å². The van der Waals surface area contributed by atoms with Crippen LogP contribution in [0.3, 0.4) is 0 Å². The molecular weight excluding hydrogens is 304 g/mol. The zero-order valence-electron chi connectivity index (χ0n) is 15.1. The zero-order chi connectivity index (χ0) is 17.5. The number of nitrogens with zero attached hydrogens (tertiary/aromatic N) is 1. The van der Waals surface area contributed by atoms with E-state index in [0.29, 0.717) is 31.3 Å². The molecule has 0 spiro atoms. The van der Waals surface area contributed by atoms with Crippen LogP contribution in [0.2, 0.25) is 25.7 Å².